The van der Waals surface area contributed by atoms with Crippen LogP contribution in [0.5, 0.6) is 5.75 Å². The summed E-state index contributed by atoms with van der Waals surface area (Å²) in [4.78, 5) is 0.102. The number of hydrogen-bond acceptors (Lipinski definition) is 4. The maximum atomic E-state index is 12.0. The highest BCUT2D eigenvalue weighted by Crippen LogP contribution is 2.27. The van der Waals surface area contributed by atoms with Crippen molar-refractivity contribution >= 4 is 10.0 Å². The lowest BCUT2D eigenvalue weighted by Gasteiger charge is -2.13. The third-order valence-electron chi connectivity index (χ3n) is 2.55. The number of rotatable bonds is 6. The number of ether oxygens (including phenoxy) is 1. The van der Waals surface area contributed by atoms with Crippen LogP contribution in [-0.2, 0) is 10.0 Å². The molecule has 18 heavy (non-hydrogen) atoms. The molecule has 0 aliphatic carbocycles. The van der Waals surface area contributed by atoms with Gasteiger partial charge in [-0.1, -0.05) is 19.9 Å². The first-order chi connectivity index (χ1) is 8.42. The highest BCUT2D eigenvalue weighted by atomic mass is 32.2. The Labute approximate surface area is 108 Å². The van der Waals surface area contributed by atoms with Crippen molar-refractivity contribution in [3.63, 3.8) is 0 Å². The fourth-order valence-electron chi connectivity index (χ4n) is 1.52. The number of sulfonamides is 1. The first-order valence-corrected chi connectivity index (χ1v) is 7.19. The van der Waals surface area contributed by atoms with Gasteiger partial charge >= 0.3 is 0 Å². The fraction of sp³-hybridized carbons (Fsp3) is 0.500. The van der Waals surface area contributed by atoms with Crippen LogP contribution in [0.15, 0.2) is 23.1 Å². The zero-order valence-corrected chi connectivity index (χ0v) is 11.6. The molecule has 0 spiro atoms. The van der Waals surface area contributed by atoms with Crippen molar-refractivity contribution < 1.29 is 18.3 Å². The molecule has 1 rings (SSSR count). The Hall–Kier alpha value is -1.11. The molecular formula is C12H19NO4S. The average molecular weight is 273 g/mol. The Morgan fingerprint density at radius 3 is 2.56 bits per heavy atom. The maximum Gasteiger partial charge on any atom is 0.244 e. The summed E-state index contributed by atoms with van der Waals surface area (Å²) in [5, 5.41) is 8.69. The van der Waals surface area contributed by atoms with Crippen molar-refractivity contribution in [2.24, 2.45) is 0 Å². The summed E-state index contributed by atoms with van der Waals surface area (Å²) in [6.45, 7) is 3.71. The van der Waals surface area contributed by atoms with E-state index in [1.807, 2.05) is 19.9 Å². The minimum atomic E-state index is -3.66. The van der Waals surface area contributed by atoms with Crippen molar-refractivity contribution in [2.75, 3.05) is 20.3 Å². The van der Waals surface area contributed by atoms with Gasteiger partial charge in [0, 0.05) is 6.54 Å². The molecule has 0 amide bonds. The molecule has 0 aliphatic rings. The molecule has 5 nitrogen and oxygen atoms in total. The Bertz CT molecular complexity index is 497. The van der Waals surface area contributed by atoms with E-state index in [2.05, 4.69) is 4.72 Å². The SMILES string of the molecule is COc1ccc(C(C)C)cc1S(=O)(=O)NCCO. The van der Waals surface area contributed by atoms with E-state index in [1.165, 1.54) is 7.11 Å². The highest BCUT2D eigenvalue weighted by molar-refractivity contribution is 7.89. The van der Waals surface area contributed by atoms with E-state index < -0.39 is 10.0 Å². The van der Waals surface area contributed by atoms with Crippen LogP contribution in [0.3, 0.4) is 0 Å². The van der Waals surface area contributed by atoms with Gasteiger partial charge in [-0.05, 0) is 23.6 Å². The predicted molar refractivity (Wildman–Crippen MR) is 69.4 cm³/mol. The van der Waals surface area contributed by atoms with Gasteiger partial charge in [-0.15, -0.1) is 0 Å². The fourth-order valence-corrected chi connectivity index (χ4v) is 2.74. The molecule has 0 heterocycles. The minimum Gasteiger partial charge on any atom is -0.495 e. The van der Waals surface area contributed by atoms with E-state index in [-0.39, 0.29) is 24.0 Å². The van der Waals surface area contributed by atoms with Crippen LogP contribution in [0.25, 0.3) is 0 Å². The average Bonchev–Trinajstić information content (AvgIpc) is 2.35. The van der Waals surface area contributed by atoms with Crippen LogP contribution < -0.4 is 9.46 Å². The zero-order chi connectivity index (χ0) is 13.8. The molecule has 1 aromatic rings. The standard InChI is InChI=1S/C12H19NO4S/c1-9(2)10-4-5-11(17-3)12(8-10)18(15,16)13-6-7-14/h4-5,8-9,13-14H,6-7H2,1-3H3. The second kappa shape index (κ2) is 6.17. The summed E-state index contributed by atoms with van der Waals surface area (Å²) in [5.74, 6) is 0.521. The van der Waals surface area contributed by atoms with E-state index in [0.717, 1.165) is 5.56 Å². The molecular weight excluding hydrogens is 254 g/mol. The Morgan fingerprint density at radius 1 is 1.39 bits per heavy atom. The first-order valence-electron chi connectivity index (χ1n) is 5.71. The lowest BCUT2D eigenvalue weighted by Crippen LogP contribution is -2.27. The second-order valence-electron chi connectivity index (χ2n) is 4.19. The molecule has 0 bridgehead atoms. The summed E-state index contributed by atoms with van der Waals surface area (Å²) in [6, 6.07) is 5.08. The predicted octanol–water partition coefficient (Wildman–Crippen LogP) is 1.09. The molecule has 0 aliphatic heterocycles. The molecule has 1 aromatic carbocycles. The van der Waals surface area contributed by atoms with E-state index >= 15 is 0 Å². The number of nitrogens with one attached hydrogen (secondary N) is 1. The van der Waals surface area contributed by atoms with Crippen molar-refractivity contribution in [3.8, 4) is 5.75 Å². The quantitative estimate of drug-likeness (QED) is 0.813. The summed E-state index contributed by atoms with van der Waals surface area (Å²) in [7, 11) is -2.23. The van der Waals surface area contributed by atoms with E-state index in [1.54, 1.807) is 12.1 Å². The van der Waals surface area contributed by atoms with Gasteiger partial charge in [0.2, 0.25) is 10.0 Å². The number of methoxy groups -OCH3 is 1. The van der Waals surface area contributed by atoms with Gasteiger partial charge in [0.25, 0.3) is 0 Å². The number of benzene rings is 1. The first kappa shape index (κ1) is 14.9. The Kier molecular flexibility index (Phi) is 5.13. The van der Waals surface area contributed by atoms with Gasteiger partial charge in [0.1, 0.15) is 10.6 Å². The Morgan fingerprint density at radius 2 is 2.06 bits per heavy atom. The summed E-state index contributed by atoms with van der Waals surface area (Å²) < 4.78 is 31.5. The second-order valence-corrected chi connectivity index (χ2v) is 5.92. The van der Waals surface area contributed by atoms with E-state index in [9.17, 15) is 8.42 Å². The van der Waals surface area contributed by atoms with Gasteiger partial charge in [-0.25, -0.2) is 13.1 Å². The van der Waals surface area contributed by atoms with Crippen molar-refractivity contribution in [3.05, 3.63) is 23.8 Å². The topological polar surface area (TPSA) is 75.6 Å². The highest BCUT2D eigenvalue weighted by Gasteiger charge is 2.20. The Balaban J connectivity index is 3.23. The third-order valence-corrected chi connectivity index (χ3v) is 4.03. The van der Waals surface area contributed by atoms with Gasteiger partial charge in [-0.2, -0.15) is 0 Å². The van der Waals surface area contributed by atoms with Gasteiger partial charge < -0.3 is 9.84 Å². The van der Waals surface area contributed by atoms with Gasteiger partial charge in [0.05, 0.1) is 13.7 Å². The van der Waals surface area contributed by atoms with Crippen molar-refractivity contribution in [2.45, 2.75) is 24.7 Å². The minimum absolute atomic E-state index is 0.0165. The van der Waals surface area contributed by atoms with Crippen LogP contribution in [0.4, 0.5) is 0 Å². The number of aliphatic hydroxyl groups excluding tert-OH is 1. The largest absolute Gasteiger partial charge is 0.495 e. The van der Waals surface area contributed by atoms with Crippen LogP contribution in [-0.4, -0.2) is 33.8 Å². The summed E-state index contributed by atoms with van der Waals surface area (Å²) in [5.41, 5.74) is 0.917. The molecule has 6 heteroatoms. The van der Waals surface area contributed by atoms with Crippen molar-refractivity contribution in [1.82, 2.24) is 4.72 Å². The zero-order valence-electron chi connectivity index (χ0n) is 10.8. The normalized spacial score (nSPS) is 11.8. The van der Waals surface area contributed by atoms with Gasteiger partial charge in [0.15, 0.2) is 0 Å². The number of hydrogen-bond donors (Lipinski definition) is 2. The lowest BCUT2D eigenvalue weighted by atomic mass is 10.0. The maximum absolute atomic E-state index is 12.0. The van der Waals surface area contributed by atoms with Crippen molar-refractivity contribution in [1.29, 1.82) is 0 Å². The molecule has 0 saturated heterocycles. The molecule has 2 N–H and O–H groups in total. The van der Waals surface area contributed by atoms with Crippen LogP contribution in [0.1, 0.15) is 25.3 Å². The summed E-state index contributed by atoms with van der Waals surface area (Å²) >= 11 is 0. The van der Waals surface area contributed by atoms with Crippen LogP contribution >= 0.6 is 0 Å². The molecule has 0 saturated carbocycles. The lowest BCUT2D eigenvalue weighted by molar-refractivity contribution is 0.301. The molecule has 102 valence electrons. The number of aliphatic hydroxyl groups is 1. The molecule has 0 fully saturated rings. The molecule has 0 radical (unpaired) electrons. The van der Waals surface area contributed by atoms with Gasteiger partial charge in [-0.3, -0.25) is 0 Å². The summed E-state index contributed by atoms with van der Waals surface area (Å²) in [6.07, 6.45) is 0. The van der Waals surface area contributed by atoms with E-state index in [4.69, 9.17) is 9.84 Å². The smallest absolute Gasteiger partial charge is 0.244 e. The van der Waals surface area contributed by atoms with E-state index in [0.29, 0.717) is 5.75 Å². The van der Waals surface area contributed by atoms with Crippen LogP contribution in [0, 0.1) is 0 Å². The van der Waals surface area contributed by atoms with Crippen LogP contribution in [0.2, 0.25) is 0 Å². The molecule has 0 aromatic heterocycles. The molecule has 0 atom stereocenters. The third kappa shape index (κ3) is 3.44. The monoisotopic (exact) mass is 273 g/mol. The molecule has 0 unspecified atom stereocenters.